The molecule has 0 spiro atoms. The van der Waals surface area contributed by atoms with Crippen LogP contribution in [0.5, 0.6) is 0 Å². The standard InChI is InChI=1S/C15H10N4O3/c1-6-9-10(7-4-2-3-5-8(7)22-14(9)20)11-12(16)18-15(21)19-13(11)17-6/h2-5H,1H3,(H3,16,17,18,19,21). The average molecular weight is 294 g/mol. The van der Waals surface area contributed by atoms with E-state index in [0.29, 0.717) is 32.8 Å². The second-order valence-corrected chi connectivity index (χ2v) is 4.99. The highest BCUT2D eigenvalue weighted by molar-refractivity contribution is 6.20. The Balaban J connectivity index is 2.49. The fourth-order valence-corrected chi connectivity index (χ4v) is 2.76. The minimum absolute atomic E-state index is 0.128. The molecule has 108 valence electrons. The third-order valence-electron chi connectivity index (χ3n) is 3.64. The van der Waals surface area contributed by atoms with Gasteiger partial charge in [0.05, 0.1) is 16.5 Å². The third-order valence-corrected chi connectivity index (χ3v) is 3.64. The number of para-hydroxylation sites is 1. The zero-order valence-electron chi connectivity index (χ0n) is 11.5. The molecule has 0 aliphatic heterocycles. The predicted molar refractivity (Wildman–Crippen MR) is 82.9 cm³/mol. The molecule has 3 aromatic heterocycles. The number of nitrogen functional groups attached to an aromatic ring is 1. The van der Waals surface area contributed by atoms with E-state index < -0.39 is 11.3 Å². The fourth-order valence-electron chi connectivity index (χ4n) is 2.76. The van der Waals surface area contributed by atoms with Crippen LogP contribution in [-0.4, -0.2) is 15.0 Å². The largest absolute Gasteiger partial charge is 0.422 e. The number of nitrogens with two attached hydrogens (primary N) is 1. The number of aryl methyl sites for hydroxylation is 1. The molecule has 0 aliphatic carbocycles. The van der Waals surface area contributed by atoms with Crippen molar-refractivity contribution in [1.82, 2.24) is 15.0 Å². The summed E-state index contributed by atoms with van der Waals surface area (Å²) in [6, 6.07) is 7.13. The molecule has 0 radical (unpaired) electrons. The quantitative estimate of drug-likeness (QED) is 0.375. The van der Waals surface area contributed by atoms with Gasteiger partial charge in [-0.3, -0.25) is 4.98 Å². The number of nitrogens with one attached hydrogen (secondary N) is 1. The van der Waals surface area contributed by atoms with E-state index in [1.807, 2.05) is 12.1 Å². The van der Waals surface area contributed by atoms with Gasteiger partial charge in [-0.15, -0.1) is 0 Å². The van der Waals surface area contributed by atoms with E-state index in [0.717, 1.165) is 0 Å². The Bertz CT molecular complexity index is 1190. The lowest BCUT2D eigenvalue weighted by atomic mass is 10.0. The Morgan fingerprint density at radius 2 is 1.86 bits per heavy atom. The van der Waals surface area contributed by atoms with Crippen molar-refractivity contribution in [3.63, 3.8) is 0 Å². The molecule has 0 aliphatic rings. The van der Waals surface area contributed by atoms with E-state index in [9.17, 15) is 9.59 Å². The van der Waals surface area contributed by atoms with Gasteiger partial charge in [-0.1, -0.05) is 18.2 Å². The Labute approximate surface area is 122 Å². The number of benzene rings is 1. The van der Waals surface area contributed by atoms with Crippen molar-refractivity contribution in [3.8, 4) is 0 Å². The number of aromatic amines is 1. The van der Waals surface area contributed by atoms with E-state index in [1.165, 1.54) is 0 Å². The molecular weight excluding hydrogens is 284 g/mol. The van der Waals surface area contributed by atoms with Gasteiger partial charge in [0.15, 0.2) is 5.65 Å². The summed E-state index contributed by atoms with van der Waals surface area (Å²) in [6.07, 6.45) is 0. The van der Waals surface area contributed by atoms with Crippen molar-refractivity contribution in [2.75, 3.05) is 5.73 Å². The molecule has 0 unspecified atom stereocenters. The summed E-state index contributed by atoms with van der Waals surface area (Å²) in [5.41, 5.74) is 5.97. The van der Waals surface area contributed by atoms with Gasteiger partial charge in [-0.2, -0.15) is 4.98 Å². The first-order valence-electron chi connectivity index (χ1n) is 6.58. The molecular formula is C15H10N4O3. The maximum Gasteiger partial charge on any atom is 0.348 e. The van der Waals surface area contributed by atoms with Crippen LogP contribution in [0, 0.1) is 6.92 Å². The molecule has 1 aromatic carbocycles. The number of pyridine rings is 1. The van der Waals surface area contributed by atoms with Crippen LogP contribution >= 0.6 is 0 Å². The maximum absolute atomic E-state index is 12.3. The highest BCUT2D eigenvalue weighted by Crippen LogP contribution is 2.31. The number of nitrogens with zero attached hydrogens (tertiary/aromatic N) is 2. The summed E-state index contributed by atoms with van der Waals surface area (Å²) in [5.74, 6) is 0.128. The van der Waals surface area contributed by atoms with Crippen molar-refractivity contribution < 1.29 is 4.42 Å². The van der Waals surface area contributed by atoms with Crippen LogP contribution in [0.1, 0.15) is 5.69 Å². The Morgan fingerprint density at radius 1 is 1.09 bits per heavy atom. The third kappa shape index (κ3) is 1.56. The van der Waals surface area contributed by atoms with Gasteiger partial charge >= 0.3 is 11.3 Å². The monoisotopic (exact) mass is 294 g/mol. The van der Waals surface area contributed by atoms with Gasteiger partial charge in [0.1, 0.15) is 11.4 Å². The van der Waals surface area contributed by atoms with Gasteiger partial charge in [-0.25, -0.2) is 14.6 Å². The first-order valence-corrected chi connectivity index (χ1v) is 6.58. The minimum atomic E-state index is -0.580. The van der Waals surface area contributed by atoms with Gasteiger partial charge in [0, 0.05) is 10.8 Å². The van der Waals surface area contributed by atoms with Gasteiger partial charge in [0.2, 0.25) is 0 Å². The molecule has 0 atom stereocenters. The smallest absolute Gasteiger partial charge is 0.348 e. The van der Waals surface area contributed by atoms with E-state index in [1.54, 1.807) is 19.1 Å². The Kier molecular flexibility index (Phi) is 2.35. The molecule has 22 heavy (non-hydrogen) atoms. The second kappa shape index (κ2) is 4.14. The first-order chi connectivity index (χ1) is 10.6. The first kappa shape index (κ1) is 12.5. The number of anilines is 1. The topological polar surface area (TPSA) is 115 Å². The van der Waals surface area contributed by atoms with Crippen LogP contribution in [0.3, 0.4) is 0 Å². The molecule has 0 amide bonds. The Hall–Kier alpha value is -3.22. The molecule has 0 bridgehead atoms. The lowest BCUT2D eigenvalue weighted by Gasteiger charge is -2.09. The molecule has 3 N–H and O–H groups in total. The number of hydrogen-bond donors (Lipinski definition) is 2. The lowest BCUT2D eigenvalue weighted by Crippen LogP contribution is -2.15. The van der Waals surface area contributed by atoms with Crippen LogP contribution in [-0.2, 0) is 0 Å². The lowest BCUT2D eigenvalue weighted by molar-refractivity contribution is 0.569. The van der Waals surface area contributed by atoms with Crippen LogP contribution in [0.4, 0.5) is 5.82 Å². The molecule has 0 saturated heterocycles. The fraction of sp³-hybridized carbons (Fsp3) is 0.0667. The predicted octanol–water partition coefficient (Wildman–Crippen LogP) is 1.47. The summed E-state index contributed by atoms with van der Waals surface area (Å²) in [4.78, 5) is 34.3. The molecule has 4 aromatic rings. The van der Waals surface area contributed by atoms with Crippen molar-refractivity contribution in [1.29, 1.82) is 0 Å². The molecule has 7 heteroatoms. The summed E-state index contributed by atoms with van der Waals surface area (Å²) in [7, 11) is 0. The summed E-state index contributed by atoms with van der Waals surface area (Å²) < 4.78 is 5.34. The van der Waals surface area contributed by atoms with Crippen LogP contribution in [0.25, 0.3) is 32.8 Å². The number of fused-ring (bicyclic) bond motifs is 5. The van der Waals surface area contributed by atoms with Crippen LogP contribution < -0.4 is 17.0 Å². The zero-order valence-corrected chi connectivity index (χ0v) is 11.5. The van der Waals surface area contributed by atoms with Crippen molar-refractivity contribution >= 4 is 38.6 Å². The molecule has 0 saturated carbocycles. The highest BCUT2D eigenvalue weighted by atomic mass is 16.4. The van der Waals surface area contributed by atoms with Crippen LogP contribution in [0.2, 0.25) is 0 Å². The molecule has 3 heterocycles. The van der Waals surface area contributed by atoms with Gasteiger partial charge < -0.3 is 10.2 Å². The van der Waals surface area contributed by atoms with Crippen molar-refractivity contribution in [2.45, 2.75) is 6.92 Å². The Morgan fingerprint density at radius 3 is 2.68 bits per heavy atom. The van der Waals surface area contributed by atoms with E-state index in [4.69, 9.17) is 10.2 Å². The van der Waals surface area contributed by atoms with E-state index in [-0.39, 0.29) is 11.5 Å². The van der Waals surface area contributed by atoms with Gasteiger partial charge in [0.25, 0.3) is 0 Å². The minimum Gasteiger partial charge on any atom is -0.422 e. The molecule has 7 nitrogen and oxygen atoms in total. The van der Waals surface area contributed by atoms with E-state index in [2.05, 4.69) is 15.0 Å². The summed E-state index contributed by atoms with van der Waals surface area (Å²) in [5, 5.41) is 2.10. The van der Waals surface area contributed by atoms with Crippen LogP contribution in [0.15, 0.2) is 38.3 Å². The highest BCUT2D eigenvalue weighted by Gasteiger charge is 2.17. The zero-order chi connectivity index (χ0) is 15.4. The van der Waals surface area contributed by atoms with E-state index >= 15 is 0 Å². The second-order valence-electron chi connectivity index (χ2n) is 4.99. The summed E-state index contributed by atoms with van der Waals surface area (Å²) in [6.45, 7) is 1.67. The number of H-pyrrole nitrogens is 1. The van der Waals surface area contributed by atoms with Gasteiger partial charge in [-0.05, 0) is 13.0 Å². The normalized spacial score (nSPS) is 11.5. The number of hydrogen-bond acceptors (Lipinski definition) is 6. The molecule has 4 rings (SSSR count). The molecule has 0 fully saturated rings. The average Bonchev–Trinajstić information content (AvgIpc) is 2.45. The maximum atomic E-state index is 12.3. The SMILES string of the molecule is Cc1nc2nc(=O)[nH]c(N)c2c2c1c(=O)oc1ccccc12. The summed E-state index contributed by atoms with van der Waals surface area (Å²) >= 11 is 0. The van der Waals surface area contributed by atoms with Crippen molar-refractivity contribution in [2.24, 2.45) is 0 Å². The number of rotatable bonds is 0. The van der Waals surface area contributed by atoms with Crippen molar-refractivity contribution in [3.05, 3.63) is 50.9 Å². The number of aromatic nitrogens is 3.